The molecule has 4 nitrogen and oxygen atoms in total. The number of anilines is 1. The maximum absolute atomic E-state index is 13.5. The second kappa shape index (κ2) is 4.09. The van der Waals surface area contributed by atoms with Crippen LogP contribution in [0.15, 0.2) is 18.2 Å². The second-order valence-electron chi connectivity index (χ2n) is 3.92. The predicted molar refractivity (Wildman–Crippen MR) is 60.0 cm³/mol. The Morgan fingerprint density at radius 1 is 1.56 bits per heavy atom. The molecular formula is C11H14FN3O. The number of amides is 1. The van der Waals surface area contributed by atoms with E-state index in [1.54, 1.807) is 12.1 Å². The molecule has 1 heterocycles. The van der Waals surface area contributed by atoms with E-state index in [4.69, 9.17) is 5.73 Å². The summed E-state index contributed by atoms with van der Waals surface area (Å²) in [6, 6.07) is 4.83. The molecule has 3 N–H and O–H groups in total. The summed E-state index contributed by atoms with van der Waals surface area (Å²) < 4.78 is 13.5. The molecule has 16 heavy (non-hydrogen) atoms. The maximum atomic E-state index is 13.5. The third-order valence-corrected chi connectivity index (χ3v) is 2.93. The maximum Gasteiger partial charge on any atom is 0.253 e. The molecule has 1 aliphatic heterocycles. The standard InChI is InChI=1S/C11H14FN3O/c1-15(7-5-14-6-7)9-4-2-3-8(12)10(9)11(13)16/h2-4,7,14H,5-6H2,1H3,(H2,13,16). The molecule has 0 aliphatic carbocycles. The molecule has 0 aromatic heterocycles. The first-order valence-corrected chi connectivity index (χ1v) is 5.13. The third kappa shape index (κ3) is 1.74. The van der Waals surface area contributed by atoms with E-state index in [0.29, 0.717) is 11.7 Å². The summed E-state index contributed by atoms with van der Waals surface area (Å²) in [6.45, 7) is 1.68. The number of rotatable bonds is 3. The minimum Gasteiger partial charge on any atom is -0.368 e. The van der Waals surface area contributed by atoms with Crippen molar-refractivity contribution in [3.8, 4) is 0 Å². The SMILES string of the molecule is CN(c1cccc(F)c1C(N)=O)C1CNC1. The molecule has 0 spiro atoms. The number of carbonyl (C=O) groups is 1. The minimum atomic E-state index is -0.729. The summed E-state index contributed by atoms with van der Waals surface area (Å²) in [4.78, 5) is 13.1. The van der Waals surface area contributed by atoms with Crippen molar-refractivity contribution in [2.45, 2.75) is 6.04 Å². The van der Waals surface area contributed by atoms with E-state index >= 15 is 0 Å². The van der Waals surface area contributed by atoms with Gasteiger partial charge in [0, 0.05) is 20.1 Å². The highest BCUT2D eigenvalue weighted by atomic mass is 19.1. The van der Waals surface area contributed by atoms with Crippen molar-refractivity contribution < 1.29 is 9.18 Å². The molecule has 1 fully saturated rings. The van der Waals surface area contributed by atoms with Crippen LogP contribution in [-0.4, -0.2) is 32.1 Å². The van der Waals surface area contributed by atoms with Crippen molar-refractivity contribution in [3.63, 3.8) is 0 Å². The van der Waals surface area contributed by atoms with Crippen molar-refractivity contribution >= 4 is 11.6 Å². The number of nitrogens with two attached hydrogens (primary N) is 1. The molecule has 1 saturated heterocycles. The number of nitrogens with zero attached hydrogens (tertiary/aromatic N) is 1. The molecule has 1 aliphatic rings. The van der Waals surface area contributed by atoms with Gasteiger partial charge in [-0.3, -0.25) is 4.79 Å². The predicted octanol–water partition coefficient (Wildman–Crippen LogP) is 0.333. The van der Waals surface area contributed by atoms with Crippen LogP contribution in [0.2, 0.25) is 0 Å². The van der Waals surface area contributed by atoms with Crippen LogP contribution in [0.1, 0.15) is 10.4 Å². The number of hydrogen-bond donors (Lipinski definition) is 2. The molecule has 0 unspecified atom stereocenters. The van der Waals surface area contributed by atoms with Crippen LogP contribution in [0.4, 0.5) is 10.1 Å². The minimum absolute atomic E-state index is 0.0306. The van der Waals surface area contributed by atoms with Crippen molar-refractivity contribution in [1.82, 2.24) is 5.32 Å². The van der Waals surface area contributed by atoms with Crippen LogP contribution in [0.25, 0.3) is 0 Å². The van der Waals surface area contributed by atoms with Gasteiger partial charge in [-0.15, -0.1) is 0 Å². The van der Waals surface area contributed by atoms with E-state index in [2.05, 4.69) is 5.32 Å². The van der Waals surface area contributed by atoms with Crippen molar-refractivity contribution in [2.24, 2.45) is 5.73 Å². The van der Waals surface area contributed by atoms with E-state index in [1.165, 1.54) is 6.07 Å². The Balaban J connectivity index is 2.38. The van der Waals surface area contributed by atoms with Gasteiger partial charge in [-0.25, -0.2) is 4.39 Å². The highest BCUT2D eigenvalue weighted by molar-refractivity contribution is 5.99. The van der Waals surface area contributed by atoms with Crippen LogP contribution in [0.5, 0.6) is 0 Å². The second-order valence-corrected chi connectivity index (χ2v) is 3.92. The Hall–Kier alpha value is -1.62. The molecule has 1 aromatic carbocycles. The lowest BCUT2D eigenvalue weighted by molar-refractivity contribution is 0.0997. The first-order chi connectivity index (χ1) is 7.61. The summed E-state index contributed by atoms with van der Waals surface area (Å²) in [5.41, 5.74) is 5.72. The van der Waals surface area contributed by atoms with Gasteiger partial charge < -0.3 is 16.0 Å². The van der Waals surface area contributed by atoms with E-state index in [9.17, 15) is 9.18 Å². The number of hydrogen-bond acceptors (Lipinski definition) is 3. The lowest BCUT2D eigenvalue weighted by Crippen LogP contribution is -2.56. The topological polar surface area (TPSA) is 58.4 Å². The fraction of sp³-hybridized carbons (Fsp3) is 0.364. The van der Waals surface area contributed by atoms with Crippen molar-refractivity contribution in [1.29, 1.82) is 0 Å². The first kappa shape index (κ1) is 10.9. The van der Waals surface area contributed by atoms with Gasteiger partial charge in [0.25, 0.3) is 5.91 Å². The fourth-order valence-corrected chi connectivity index (χ4v) is 1.79. The Kier molecular flexibility index (Phi) is 2.78. The monoisotopic (exact) mass is 223 g/mol. The van der Waals surface area contributed by atoms with Gasteiger partial charge in [0.05, 0.1) is 17.3 Å². The van der Waals surface area contributed by atoms with Crippen LogP contribution in [0.3, 0.4) is 0 Å². The number of halogens is 1. The Morgan fingerprint density at radius 2 is 2.25 bits per heavy atom. The van der Waals surface area contributed by atoms with Crippen LogP contribution in [-0.2, 0) is 0 Å². The molecule has 1 amide bonds. The smallest absolute Gasteiger partial charge is 0.253 e. The third-order valence-electron chi connectivity index (χ3n) is 2.93. The number of carbonyl (C=O) groups excluding carboxylic acids is 1. The first-order valence-electron chi connectivity index (χ1n) is 5.13. The lowest BCUT2D eigenvalue weighted by Gasteiger charge is -2.37. The molecule has 2 rings (SSSR count). The van der Waals surface area contributed by atoms with Gasteiger partial charge in [-0.2, -0.15) is 0 Å². The number of benzene rings is 1. The molecular weight excluding hydrogens is 209 g/mol. The highest BCUT2D eigenvalue weighted by Gasteiger charge is 2.25. The molecule has 0 atom stereocenters. The zero-order valence-electron chi connectivity index (χ0n) is 9.03. The van der Waals surface area contributed by atoms with Crippen LogP contribution in [0, 0.1) is 5.82 Å². The molecule has 1 aromatic rings. The molecule has 0 radical (unpaired) electrons. The number of primary amides is 1. The zero-order valence-corrected chi connectivity index (χ0v) is 9.03. The van der Waals surface area contributed by atoms with Crippen molar-refractivity contribution in [3.05, 3.63) is 29.6 Å². The molecule has 0 saturated carbocycles. The largest absolute Gasteiger partial charge is 0.368 e. The molecule has 0 bridgehead atoms. The van der Waals surface area contributed by atoms with E-state index in [1.807, 2.05) is 11.9 Å². The highest BCUT2D eigenvalue weighted by Crippen LogP contribution is 2.24. The summed E-state index contributed by atoms with van der Waals surface area (Å²) in [5.74, 6) is -1.30. The summed E-state index contributed by atoms with van der Waals surface area (Å²) in [5, 5.41) is 3.12. The number of nitrogens with one attached hydrogen (secondary N) is 1. The quantitative estimate of drug-likeness (QED) is 0.776. The van der Waals surface area contributed by atoms with Gasteiger partial charge in [0.2, 0.25) is 0 Å². The fourth-order valence-electron chi connectivity index (χ4n) is 1.79. The van der Waals surface area contributed by atoms with E-state index in [0.717, 1.165) is 13.1 Å². The van der Waals surface area contributed by atoms with Crippen molar-refractivity contribution in [2.75, 3.05) is 25.0 Å². The van der Waals surface area contributed by atoms with E-state index < -0.39 is 11.7 Å². The summed E-state index contributed by atoms with van der Waals surface area (Å²) >= 11 is 0. The van der Waals surface area contributed by atoms with Gasteiger partial charge in [-0.05, 0) is 12.1 Å². The van der Waals surface area contributed by atoms with Crippen LogP contribution >= 0.6 is 0 Å². The normalized spacial score (nSPS) is 15.6. The average Bonchev–Trinajstić information content (AvgIpc) is 2.13. The molecule has 5 heteroatoms. The number of likely N-dealkylation sites (N-methyl/N-ethyl adjacent to an activating group) is 1. The summed E-state index contributed by atoms with van der Waals surface area (Å²) in [6.07, 6.45) is 0. The van der Waals surface area contributed by atoms with Crippen LogP contribution < -0.4 is 16.0 Å². The Morgan fingerprint density at radius 3 is 2.75 bits per heavy atom. The van der Waals surface area contributed by atoms with Gasteiger partial charge in [0.1, 0.15) is 5.82 Å². The lowest BCUT2D eigenvalue weighted by atomic mass is 10.1. The summed E-state index contributed by atoms with van der Waals surface area (Å²) in [7, 11) is 1.84. The van der Waals surface area contributed by atoms with E-state index in [-0.39, 0.29) is 5.56 Å². The molecule has 86 valence electrons. The average molecular weight is 223 g/mol. The Labute approximate surface area is 93.2 Å². The van der Waals surface area contributed by atoms with Gasteiger partial charge in [-0.1, -0.05) is 6.07 Å². The zero-order chi connectivity index (χ0) is 11.7. The van der Waals surface area contributed by atoms with Gasteiger partial charge >= 0.3 is 0 Å². The Bertz CT molecular complexity index is 418. The van der Waals surface area contributed by atoms with Gasteiger partial charge in [0.15, 0.2) is 0 Å².